The molecule has 0 unspecified atom stereocenters. The van der Waals surface area contributed by atoms with Crippen molar-refractivity contribution in [2.45, 2.75) is 0 Å². The van der Waals surface area contributed by atoms with Gasteiger partial charge in [-0.05, 0) is 69.3 Å². The van der Waals surface area contributed by atoms with E-state index in [4.69, 9.17) is 4.98 Å². The van der Waals surface area contributed by atoms with Crippen LogP contribution >= 0.6 is 11.3 Å². The van der Waals surface area contributed by atoms with E-state index >= 15 is 0 Å². The van der Waals surface area contributed by atoms with Crippen LogP contribution in [-0.2, 0) is 0 Å². The van der Waals surface area contributed by atoms with Crippen molar-refractivity contribution in [3.63, 3.8) is 0 Å². The van der Waals surface area contributed by atoms with Crippen LogP contribution in [0.2, 0.25) is 0 Å². The number of aromatic nitrogens is 1. The highest BCUT2D eigenvalue weighted by molar-refractivity contribution is 7.25. The number of fused-ring (bicyclic) bond motifs is 4. The summed E-state index contributed by atoms with van der Waals surface area (Å²) in [6.07, 6.45) is 1.99. The number of hydrogen-bond acceptors (Lipinski definition) is 2. The van der Waals surface area contributed by atoms with Crippen LogP contribution in [-0.4, -0.2) is 4.98 Å². The number of benzene rings is 6. The van der Waals surface area contributed by atoms with Crippen LogP contribution in [0.1, 0.15) is 0 Å². The minimum atomic E-state index is 1.01. The number of thiophene rings is 1. The summed E-state index contributed by atoms with van der Waals surface area (Å²) in [6.45, 7) is 0. The molecule has 0 saturated carbocycles. The Morgan fingerprint density at radius 1 is 0.366 bits per heavy atom. The molecule has 6 aromatic carbocycles. The molecule has 41 heavy (non-hydrogen) atoms. The lowest BCUT2D eigenvalue weighted by atomic mass is 9.98. The third-order valence-electron chi connectivity index (χ3n) is 7.94. The molecule has 2 heteroatoms. The van der Waals surface area contributed by atoms with Crippen molar-refractivity contribution in [3.05, 3.63) is 152 Å². The Labute approximate surface area is 243 Å². The lowest BCUT2D eigenvalue weighted by Crippen LogP contribution is -1.86. The highest BCUT2D eigenvalue weighted by atomic mass is 32.1. The van der Waals surface area contributed by atoms with Crippen molar-refractivity contribution >= 4 is 42.4 Å². The Kier molecular flexibility index (Phi) is 5.72. The highest BCUT2D eigenvalue weighted by Gasteiger charge is 2.08. The zero-order valence-corrected chi connectivity index (χ0v) is 23.1. The van der Waals surface area contributed by atoms with Crippen LogP contribution in [0.15, 0.2) is 152 Å². The average molecular weight is 540 g/mol. The third-order valence-corrected chi connectivity index (χ3v) is 9.09. The van der Waals surface area contributed by atoms with Gasteiger partial charge >= 0.3 is 0 Å². The van der Waals surface area contributed by atoms with E-state index in [-0.39, 0.29) is 0 Å². The third kappa shape index (κ3) is 4.39. The molecule has 0 fully saturated rings. The molecule has 0 spiro atoms. The maximum Gasteiger partial charge on any atom is 0.0708 e. The second kappa shape index (κ2) is 9.85. The smallest absolute Gasteiger partial charge is 0.0708 e. The van der Waals surface area contributed by atoms with Gasteiger partial charge < -0.3 is 0 Å². The first-order chi connectivity index (χ1) is 20.3. The summed E-state index contributed by atoms with van der Waals surface area (Å²) in [5.41, 5.74) is 10.6. The monoisotopic (exact) mass is 539 g/mol. The van der Waals surface area contributed by atoms with E-state index in [1.807, 2.05) is 23.6 Å². The van der Waals surface area contributed by atoms with Gasteiger partial charge in [-0.1, -0.05) is 115 Å². The van der Waals surface area contributed by atoms with Crippen LogP contribution in [0.4, 0.5) is 0 Å². The van der Waals surface area contributed by atoms with Gasteiger partial charge in [-0.15, -0.1) is 11.3 Å². The van der Waals surface area contributed by atoms with E-state index in [9.17, 15) is 0 Å². The minimum absolute atomic E-state index is 1.01. The quantitative estimate of drug-likeness (QED) is 0.217. The van der Waals surface area contributed by atoms with Crippen molar-refractivity contribution in [2.24, 2.45) is 0 Å². The second-order valence-corrected chi connectivity index (χ2v) is 11.5. The summed E-state index contributed by atoms with van der Waals surface area (Å²) in [6, 6.07) is 52.4. The highest BCUT2D eigenvalue weighted by Crippen LogP contribution is 2.37. The zero-order chi connectivity index (χ0) is 27.2. The lowest BCUT2D eigenvalue weighted by molar-refractivity contribution is 1.41. The predicted octanol–water partition coefficient (Wildman–Crippen LogP) is 11.3. The van der Waals surface area contributed by atoms with Crippen LogP contribution in [0.3, 0.4) is 0 Å². The van der Waals surface area contributed by atoms with Crippen molar-refractivity contribution in [1.82, 2.24) is 4.98 Å². The first-order valence-corrected chi connectivity index (χ1v) is 14.7. The van der Waals surface area contributed by atoms with Gasteiger partial charge in [0.2, 0.25) is 0 Å². The largest absolute Gasteiger partial charge is 0.256 e. The summed E-state index contributed by atoms with van der Waals surface area (Å²) in [4.78, 5) is 4.85. The van der Waals surface area contributed by atoms with Crippen LogP contribution in [0, 0.1) is 0 Å². The molecule has 2 aromatic heterocycles. The first kappa shape index (κ1) is 23.8. The summed E-state index contributed by atoms with van der Waals surface area (Å²) in [5, 5.41) is 3.81. The number of rotatable bonds is 4. The van der Waals surface area contributed by atoms with Gasteiger partial charge in [0, 0.05) is 37.3 Å². The number of hydrogen-bond donors (Lipinski definition) is 0. The Morgan fingerprint density at radius 3 is 1.66 bits per heavy atom. The van der Waals surface area contributed by atoms with E-state index < -0.39 is 0 Å². The standard InChI is InChI=1S/C39H25NS/c1-2-6-26(7-3-1)27-10-12-29(13-11-27)32-18-19-33-22-34(25-40-37(33)24-32)30-16-14-28(15-17-30)31-20-21-39-36(23-31)35-8-4-5-9-38(35)41-39/h1-25H. The fourth-order valence-electron chi connectivity index (χ4n) is 5.71. The molecule has 0 radical (unpaired) electrons. The average Bonchev–Trinajstić information content (AvgIpc) is 3.43. The first-order valence-electron chi connectivity index (χ1n) is 13.9. The Bertz CT molecular complexity index is 2170. The molecule has 8 rings (SSSR count). The van der Waals surface area contributed by atoms with E-state index in [1.165, 1.54) is 59.1 Å². The van der Waals surface area contributed by atoms with Gasteiger partial charge in [0.1, 0.15) is 0 Å². The van der Waals surface area contributed by atoms with Crippen molar-refractivity contribution in [2.75, 3.05) is 0 Å². The topological polar surface area (TPSA) is 12.9 Å². The summed E-state index contributed by atoms with van der Waals surface area (Å²) < 4.78 is 2.67. The Balaban J connectivity index is 1.06. The van der Waals surface area contributed by atoms with Crippen LogP contribution < -0.4 is 0 Å². The molecule has 0 aliphatic carbocycles. The number of pyridine rings is 1. The van der Waals surface area contributed by atoms with Gasteiger partial charge in [0.25, 0.3) is 0 Å². The molecule has 0 aliphatic rings. The second-order valence-electron chi connectivity index (χ2n) is 10.5. The van der Waals surface area contributed by atoms with E-state index in [0.717, 1.165) is 16.5 Å². The van der Waals surface area contributed by atoms with Gasteiger partial charge in [-0.3, -0.25) is 4.98 Å². The maximum absolute atomic E-state index is 4.85. The SMILES string of the molecule is c1ccc(-c2ccc(-c3ccc4cc(-c5ccc(-c6ccc7sc8ccccc8c7c6)cc5)cnc4c3)cc2)cc1. The fraction of sp³-hybridized carbons (Fsp3) is 0. The van der Waals surface area contributed by atoms with Crippen LogP contribution in [0.25, 0.3) is 75.6 Å². The van der Waals surface area contributed by atoms with Gasteiger partial charge in [0.15, 0.2) is 0 Å². The van der Waals surface area contributed by atoms with Crippen molar-refractivity contribution < 1.29 is 0 Å². The predicted molar refractivity (Wildman–Crippen MR) is 176 cm³/mol. The van der Waals surface area contributed by atoms with E-state index in [2.05, 4.69) is 140 Å². The summed E-state index contributed by atoms with van der Waals surface area (Å²) >= 11 is 1.86. The summed E-state index contributed by atoms with van der Waals surface area (Å²) in [5.74, 6) is 0. The van der Waals surface area contributed by atoms with E-state index in [1.54, 1.807) is 0 Å². The van der Waals surface area contributed by atoms with Crippen molar-refractivity contribution in [3.8, 4) is 44.5 Å². The molecule has 1 nitrogen and oxygen atoms in total. The molecule has 0 saturated heterocycles. The Morgan fingerprint density at radius 2 is 0.902 bits per heavy atom. The Hall–Kier alpha value is -5.05. The fourth-order valence-corrected chi connectivity index (χ4v) is 6.79. The molecular weight excluding hydrogens is 515 g/mol. The lowest BCUT2D eigenvalue weighted by Gasteiger charge is -2.09. The van der Waals surface area contributed by atoms with Crippen LogP contribution in [0.5, 0.6) is 0 Å². The molecule has 0 amide bonds. The van der Waals surface area contributed by atoms with E-state index in [0.29, 0.717) is 0 Å². The van der Waals surface area contributed by atoms with Gasteiger partial charge in [0.05, 0.1) is 5.52 Å². The van der Waals surface area contributed by atoms with Gasteiger partial charge in [-0.2, -0.15) is 0 Å². The summed E-state index contributed by atoms with van der Waals surface area (Å²) in [7, 11) is 0. The normalized spacial score (nSPS) is 11.4. The molecule has 0 atom stereocenters. The molecule has 8 aromatic rings. The zero-order valence-electron chi connectivity index (χ0n) is 22.3. The number of nitrogens with zero attached hydrogens (tertiary/aromatic N) is 1. The maximum atomic E-state index is 4.85. The molecule has 0 bridgehead atoms. The van der Waals surface area contributed by atoms with Crippen molar-refractivity contribution in [1.29, 1.82) is 0 Å². The molecule has 192 valence electrons. The minimum Gasteiger partial charge on any atom is -0.256 e. The molecule has 0 aliphatic heterocycles. The molecule has 0 N–H and O–H groups in total. The van der Waals surface area contributed by atoms with Gasteiger partial charge in [-0.25, -0.2) is 0 Å². The molecular formula is C39H25NS. The molecule has 2 heterocycles.